The van der Waals surface area contributed by atoms with Crippen molar-refractivity contribution < 1.29 is 13.8 Å². The van der Waals surface area contributed by atoms with Gasteiger partial charge in [0.15, 0.2) is 0 Å². The topological polar surface area (TPSA) is 91.5 Å². The molecule has 0 aliphatic rings. The van der Waals surface area contributed by atoms with Crippen molar-refractivity contribution in [2.24, 2.45) is 0 Å². The Bertz CT molecular complexity index is 488. The lowest BCUT2D eigenvalue weighted by molar-refractivity contribution is -0.792. The second kappa shape index (κ2) is 5.54. The van der Waals surface area contributed by atoms with Gasteiger partial charge in [-0.1, -0.05) is 6.07 Å². The first kappa shape index (κ1) is 14.0. The summed E-state index contributed by atoms with van der Waals surface area (Å²) >= 11 is 0. The SMILES string of the molecule is CS(=N)(=O)Cc1cc(F)cc(CC[NH+]([O-])[O-])c1. The molecule has 0 fully saturated rings. The number of quaternary nitrogens is 1. The number of hydrogen-bond donors (Lipinski definition) is 2. The van der Waals surface area contributed by atoms with Gasteiger partial charge < -0.3 is 15.6 Å². The number of benzene rings is 1. The molecule has 0 radical (unpaired) electrons. The largest absolute Gasteiger partial charge is 0.633 e. The standard InChI is InChI=1S/C10H14FN2O3S/c1-17(12,16)7-9-4-8(2-3-13(14)15)5-10(11)6-9/h4-6,12-13H,2-3,7H2,1H3/q-1. The second-order valence-corrected chi connectivity index (χ2v) is 6.29. The Hall–Kier alpha value is -1.02. The van der Waals surface area contributed by atoms with Crippen LogP contribution < -0.4 is 5.23 Å². The molecule has 0 heterocycles. The first-order valence-electron chi connectivity index (χ1n) is 4.96. The average molecular weight is 261 g/mol. The molecule has 1 aromatic rings. The van der Waals surface area contributed by atoms with Crippen molar-refractivity contribution in [3.63, 3.8) is 0 Å². The van der Waals surface area contributed by atoms with Crippen LogP contribution in [0.25, 0.3) is 0 Å². The monoisotopic (exact) mass is 261 g/mol. The third-order valence-electron chi connectivity index (χ3n) is 2.08. The molecule has 0 aliphatic heterocycles. The third kappa shape index (κ3) is 5.73. The number of hydrogen-bond acceptors (Lipinski definition) is 4. The molecule has 1 aromatic carbocycles. The number of nitrogens with one attached hydrogen (secondary N) is 2. The highest BCUT2D eigenvalue weighted by Gasteiger charge is 2.05. The Labute approximate surface area is 99.4 Å². The van der Waals surface area contributed by atoms with Crippen LogP contribution in [0, 0.1) is 21.0 Å². The third-order valence-corrected chi connectivity index (χ3v) is 2.96. The fourth-order valence-electron chi connectivity index (χ4n) is 1.51. The minimum absolute atomic E-state index is 0.0386. The highest BCUT2D eigenvalue weighted by Crippen LogP contribution is 2.12. The highest BCUT2D eigenvalue weighted by molar-refractivity contribution is 7.90. The van der Waals surface area contributed by atoms with Crippen LogP contribution in [0.15, 0.2) is 18.2 Å². The minimum Gasteiger partial charge on any atom is -0.633 e. The van der Waals surface area contributed by atoms with Crippen molar-refractivity contribution in [3.05, 3.63) is 45.6 Å². The van der Waals surface area contributed by atoms with E-state index in [1.165, 1.54) is 18.4 Å². The number of rotatable bonds is 5. The van der Waals surface area contributed by atoms with Crippen LogP contribution in [-0.4, -0.2) is 17.0 Å². The molecule has 1 unspecified atom stereocenters. The average Bonchev–Trinajstić information content (AvgIpc) is 2.10. The van der Waals surface area contributed by atoms with Crippen LogP contribution in [0.1, 0.15) is 11.1 Å². The first-order valence-corrected chi connectivity index (χ1v) is 7.09. The van der Waals surface area contributed by atoms with Gasteiger partial charge in [-0.15, -0.1) is 0 Å². The Morgan fingerprint density at radius 2 is 1.94 bits per heavy atom. The van der Waals surface area contributed by atoms with Crippen LogP contribution in [-0.2, 0) is 21.9 Å². The Morgan fingerprint density at radius 1 is 1.35 bits per heavy atom. The van der Waals surface area contributed by atoms with E-state index >= 15 is 0 Å². The molecule has 0 spiro atoms. The number of halogens is 1. The molecule has 7 heteroatoms. The molecule has 0 aliphatic carbocycles. The molecular formula is C10H14FN2O3S-. The summed E-state index contributed by atoms with van der Waals surface area (Å²) in [4.78, 5) is 0. The predicted molar refractivity (Wildman–Crippen MR) is 63.2 cm³/mol. The van der Waals surface area contributed by atoms with E-state index in [1.54, 1.807) is 6.07 Å². The van der Waals surface area contributed by atoms with E-state index in [0.717, 1.165) is 0 Å². The van der Waals surface area contributed by atoms with Crippen LogP contribution in [0.4, 0.5) is 4.39 Å². The molecule has 0 saturated carbocycles. The van der Waals surface area contributed by atoms with Crippen molar-refractivity contribution in [3.8, 4) is 0 Å². The van der Waals surface area contributed by atoms with Gasteiger partial charge in [0.1, 0.15) is 5.82 Å². The fourth-order valence-corrected chi connectivity index (χ4v) is 2.31. The summed E-state index contributed by atoms with van der Waals surface area (Å²) in [6.07, 6.45) is 1.44. The molecule has 0 bridgehead atoms. The molecule has 96 valence electrons. The van der Waals surface area contributed by atoms with Crippen molar-refractivity contribution in [1.29, 1.82) is 4.78 Å². The van der Waals surface area contributed by atoms with Crippen LogP contribution in [0.5, 0.6) is 0 Å². The maximum absolute atomic E-state index is 13.2. The summed E-state index contributed by atoms with van der Waals surface area (Å²) in [5.41, 5.74) is 0.952. The lowest BCUT2D eigenvalue weighted by atomic mass is 10.1. The van der Waals surface area contributed by atoms with Crippen molar-refractivity contribution in [2.45, 2.75) is 12.2 Å². The maximum atomic E-state index is 13.2. The lowest BCUT2D eigenvalue weighted by Crippen LogP contribution is -3.02. The van der Waals surface area contributed by atoms with Crippen LogP contribution >= 0.6 is 0 Å². The summed E-state index contributed by atoms with van der Waals surface area (Å²) < 4.78 is 31.8. The summed E-state index contributed by atoms with van der Waals surface area (Å²) in [7, 11) is -2.74. The van der Waals surface area contributed by atoms with E-state index in [9.17, 15) is 19.0 Å². The molecule has 5 nitrogen and oxygen atoms in total. The van der Waals surface area contributed by atoms with E-state index in [0.29, 0.717) is 11.1 Å². The van der Waals surface area contributed by atoms with Gasteiger partial charge >= 0.3 is 0 Å². The Kier molecular flexibility index (Phi) is 4.58. The zero-order valence-electron chi connectivity index (χ0n) is 9.36. The zero-order chi connectivity index (χ0) is 13.1. The van der Waals surface area contributed by atoms with Gasteiger partial charge in [-0.2, -0.15) is 0 Å². The molecule has 1 rings (SSSR count). The summed E-state index contributed by atoms with van der Waals surface area (Å²) in [6.45, 7) is -0.189. The predicted octanol–water partition coefficient (Wildman–Crippen LogP) is 0.425. The van der Waals surface area contributed by atoms with Gasteiger partial charge in [-0.3, -0.25) is 4.78 Å². The molecule has 0 amide bonds. The zero-order valence-corrected chi connectivity index (χ0v) is 10.2. The summed E-state index contributed by atoms with van der Waals surface area (Å²) in [6, 6.07) is 4.01. The quantitative estimate of drug-likeness (QED) is 0.753. The summed E-state index contributed by atoms with van der Waals surface area (Å²) in [5.74, 6) is -0.553. The Balaban J connectivity index is 2.86. The van der Waals surface area contributed by atoms with Crippen LogP contribution in [0.2, 0.25) is 0 Å². The van der Waals surface area contributed by atoms with E-state index in [-0.39, 0.29) is 18.7 Å². The van der Waals surface area contributed by atoms with E-state index in [4.69, 9.17) is 4.78 Å². The first-order chi connectivity index (χ1) is 7.76. The van der Waals surface area contributed by atoms with Crippen molar-refractivity contribution in [2.75, 3.05) is 12.8 Å². The van der Waals surface area contributed by atoms with Crippen molar-refractivity contribution >= 4 is 9.73 Å². The van der Waals surface area contributed by atoms with Gasteiger partial charge in [0.25, 0.3) is 0 Å². The maximum Gasteiger partial charge on any atom is 0.123 e. The van der Waals surface area contributed by atoms with Crippen LogP contribution in [0.3, 0.4) is 0 Å². The molecule has 0 saturated heterocycles. The van der Waals surface area contributed by atoms with Gasteiger partial charge in [-0.05, 0) is 23.3 Å². The van der Waals surface area contributed by atoms with Gasteiger partial charge in [0.2, 0.25) is 0 Å². The molecule has 17 heavy (non-hydrogen) atoms. The van der Waals surface area contributed by atoms with Gasteiger partial charge in [0.05, 0.1) is 12.3 Å². The lowest BCUT2D eigenvalue weighted by Gasteiger charge is -2.25. The minimum atomic E-state index is -2.74. The molecule has 1 atom stereocenters. The van der Waals surface area contributed by atoms with E-state index in [1.807, 2.05) is 0 Å². The fraction of sp³-hybridized carbons (Fsp3) is 0.400. The number of hydroxylamine groups is 2. The van der Waals surface area contributed by atoms with E-state index < -0.39 is 20.8 Å². The Morgan fingerprint density at radius 3 is 2.47 bits per heavy atom. The van der Waals surface area contributed by atoms with Gasteiger partial charge in [-0.25, -0.2) is 8.60 Å². The highest BCUT2D eigenvalue weighted by atomic mass is 32.2. The van der Waals surface area contributed by atoms with Crippen molar-refractivity contribution in [1.82, 2.24) is 0 Å². The normalized spacial score (nSPS) is 14.9. The second-order valence-electron chi connectivity index (χ2n) is 3.99. The molecule has 0 aromatic heterocycles. The van der Waals surface area contributed by atoms with Gasteiger partial charge in [0, 0.05) is 22.4 Å². The molecular weight excluding hydrogens is 247 g/mol. The summed E-state index contributed by atoms with van der Waals surface area (Å²) in [5, 5.41) is 19.4. The smallest absolute Gasteiger partial charge is 0.123 e. The molecule has 2 N–H and O–H groups in total. The van der Waals surface area contributed by atoms with E-state index in [2.05, 4.69) is 0 Å².